The highest BCUT2D eigenvalue weighted by Gasteiger charge is 2.46. The molecule has 0 unspecified atom stereocenters. The molecule has 0 aromatic heterocycles. The Kier molecular flexibility index (Phi) is 4.53. The Morgan fingerprint density at radius 3 is 2.73 bits per heavy atom. The molecule has 154 valence electrons. The molecule has 30 heavy (non-hydrogen) atoms. The molecule has 6 heteroatoms. The van der Waals surface area contributed by atoms with Crippen molar-refractivity contribution in [3.63, 3.8) is 0 Å². The third kappa shape index (κ3) is 3.06. The molecular formula is C24H23BrN2O3. The lowest BCUT2D eigenvalue weighted by atomic mass is 9.77. The lowest BCUT2D eigenvalue weighted by molar-refractivity contribution is 0.107. The Balaban J connectivity index is 1.45. The molecule has 2 aromatic rings. The smallest absolute Gasteiger partial charge is 0.410 e. The minimum Gasteiger partial charge on any atom is -0.442 e. The number of ether oxygens (including phenoxy) is 1. The molecule has 1 amide bonds. The van der Waals surface area contributed by atoms with Crippen LogP contribution in [0.15, 0.2) is 46.9 Å². The molecule has 3 aliphatic rings. The van der Waals surface area contributed by atoms with E-state index in [0.717, 1.165) is 22.0 Å². The molecule has 1 saturated heterocycles. The third-order valence-electron chi connectivity index (χ3n) is 6.57. The van der Waals surface area contributed by atoms with E-state index >= 15 is 0 Å². The summed E-state index contributed by atoms with van der Waals surface area (Å²) in [5.74, 6) is 2.16. The summed E-state index contributed by atoms with van der Waals surface area (Å²) >= 11 is 3.54. The Morgan fingerprint density at radius 2 is 1.97 bits per heavy atom. The monoisotopic (exact) mass is 466 g/mol. The van der Waals surface area contributed by atoms with Crippen molar-refractivity contribution in [1.82, 2.24) is 9.80 Å². The van der Waals surface area contributed by atoms with Crippen molar-refractivity contribution >= 4 is 33.7 Å². The zero-order valence-corrected chi connectivity index (χ0v) is 18.6. The molecule has 2 aromatic carbocycles. The fourth-order valence-corrected chi connectivity index (χ4v) is 5.46. The lowest BCUT2D eigenvalue weighted by Gasteiger charge is -2.42. The van der Waals surface area contributed by atoms with Crippen molar-refractivity contribution in [2.45, 2.75) is 44.4 Å². The molecule has 0 saturated carbocycles. The van der Waals surface area contributed by atoms with Crippen molar-refractivity contribution in [3.8, 4) is 0 Å². The zero-order chi connectivity index (χ0) is 21.0. The van der Waals surface area contributed by atoms with Crippen LogP contribution in [0.25, 0.3) is 5.70 Å². The summed E-state index contributed by atoms with van der Waals surface area (Å²) in [6.07, 6.45) is 0.215. The van der Waals surface area contributed by atoms with Crippen LogP contribution in [0.4, 0.5) is 4.79 Å². The highest BCUT2D eigenvalue weighted by molar-refractivity contribution is 9.10. The van der Waals surface area contributed by atoms with Gasteiger partial charge in [-0.3, -0.25) is 4.90 Å². The van der Waals surface area contributed by atoms with Crippen LogP contribution in [-0.2, 0) is 27.9 Å². The maximum atomic E-state index is 12.6. The van der Waals surface area contributed by atoms with Crippen LogP contribution in [-0.4, -0.2) is 47.1 Å². The van der Waals surface area contributed by atoms with E-state index in [1.807, 2.05) is 34.1 Å². The fraction of sp³-hybridized carbons (Fsp3) is 0.375. The van der Waals surface area contributed by atoms with Crippen LogP contribution in [0, 0.1) is 0 Å². The van der Waals surface area contributed by atoms with Gasteiger partial charge in [0.15, 0.2) is 5.94 Å². The van der Waals surface area contributed by atoms with Gasteiger partial charge >= 0.3 is 6.09 Å². The maximum Gasteiger partial charge on any atom is 0.410 e. The van der Waals surface area contributed by atoms with Gasteiger partial charge in [0.05, 0.1) is 12.6 Å². The van der Waals surface area contributed by atoms with Gasteiger partial charge in [-0.05, 0) is 35.2 Å². The second-order valence-electron chi connectivity index (χ2n) is 9.00. The molecule has 3 aliphatic heterocycles. The first-order valence-electron chi connectivity index (χ1n) is 10.2. The van der Waals surface area contributed by atoms with E-state index in [4.69, 9.17) is 4.74 Å². The number of hydrogen-bond donors (Lipinski definition) is 0. The molecule has 0 aliphatic carbocycles. The standard InChI is InChI=1S/C24H23BrN2O3/c1-24(2)14-26(21(13-28)18-8-7-17(25)10-19(18)24)12-22-20-9-15-5-3-4-6-16(15)11-27(20)23(29)30-22/h3-8,10,20,22H,9,11-12,14H2,1-2H3/t20-,22+/m1/s1. The average molecular weight is 467 g/mol. The molecule has 0 bridgehead atoms. The van der Waals surface area contributed by atoms with E-state index in [-0.39, 0.29) is 23.7 Å². The highest BCUT2D eigenvalue weighted by Crippen LogP contribution is 2.40. The Bertz CT molecular complexity index is 1090. The first-order valence-corrected chi connectivity index (χ1v) is 11.0. The summed E-state index contributed by atoms with van der Waals surface area (Å²) in [6, 6.07) is 14.2. The number of halogens is 1. The third-order valence-corrected chi connectivity index (χ3v) is 7.06. The second kappa shape index (κ2) is 7.00. The van der Waals surface area contributed by atoms with Crippen LogP contribution in [0.3, 0.4) is 0 Å². The largest absolute Gasteiger partial charge is 0.442 e. The predicted molar refractivity (Wildman–Crippen MR) is 118 cm³/mol. The molecule has 0 spiro atoms. The van der Waals surface area contributed by atoms with Crippen molar-refractivity contribution in [2.75, 3.05) is 13.1 Å². The summed E-state index contributed by atoms with van der Waals surface area (Å²) < 4.78 is 6.80. The molecule has 1 fully saturated rings. The van der Waals surface area contributed by atoms with Gasteiger partial charge in [-0.25, -0.2) is 9.59 Å². The maximum absolute atomic E-state index is 12.6. The van der Waals surface area contributed by atoms with Crippen LogP contribution >= 0.6 is 15.9 Å². The topological polar surface area (TPSA) is 49.9 Å². The number of carbonyl (C=O) groups excluding carboxylic acids is 2. The second-order valence-corrected chi connectivity index (χ2v) is 9.91. The van der Waals surface area contributed by atoms with Crippen LogP contribution < -0.4 is 0 Å². The van der Waals surface area contributed by atoms with E-state index < -0.39 is 0 Å². The Morgan fingerprint density at radius 1 is 1.20 bits per heavy atom. The summed E-state index contributed by atoms with van der Waals surface area (Å²) in [5.41, 5.74) is 4.87. The van der Waals surface area contributed by atoms with Gasteiger partial charge in [0, 0.05) is 28.5 Å². The van der Waals surface area contributed by atoms with Gasteiger partial charge in [-0.2, -0.15) is 0 Å². The minimum absolute atomic E-state index is 0.0188. The molecule has 5 rings (SSSR count). The summed E-state index contributed by atoms with van der Waals surface area (Å²) in [6.45, 7) is 6.08. The quantitative estimate of drug-likeness (QED) is 0.623. The number of rotatable bonds is 2. The van der Waals surface area contributed by atoms with Gasteiger partial charge in [0.1, 0.15) is 11.8 Å². The molecule has 2 atom stereocenters. The van der Waals surface area contributed by atoms with Crippen molar-refractivity contribution in [2.24, 2.45) is 0 Å². The van der Waals surface area contributed by atoms with Gasteiger partial charge in [0.2, 0.25) is 0 Å². The fourth-order valence-electron chi connectivity index (χ4n) is 5.10. The number of cyclic esters (lactones) is 1. The van der Waals surface area contributed by atoms with Crippen molar-refractivity contribution in [1.29, 1.82) is 0 Å². The molecule has 3 heterocycles. The average Bonchev–Trinajstić information content (AvgIpc) is 3.01. The van der Waals surface area contributed by atoms with E-state index in [2.05, 4.69) is 53.9 Å². The minimum atomic E-state index is -0.290. The number of hydrogen-bond acceptors (Lipinski definition) is 4. The van der Waals surface area contributed by atoms with E-state index in [0.29, 0.717) is 25.3 Å². The Labute approximate surface area is 184 Å². The van der Waals surface area contributed by atoms with Crippen LogP contribution in [0.5, 0.6) is 0 Å². The normalized spacial score (nSPS) is 24.0. The number of benzene rings is 2. The zero-order valence-electron chi connectivity index (χ0n) is 17.0. The van der Waals surface area contributed by atoms with E-state index in [1.165, 1.54) is 11.1 Å². The van der Waals surface area contributed by atoms with E-state index in [1.54, 1.807) is 0 Å². The predicted octanol–water partition coefficient (Wildman–Crippen LogP) is 4.16. The van der Waals surface area contributed by atoms with Crippen LogP contribution in [0.2, 0.25) is 0 Å². The molecular weight excluding hydrogens is 444 g/mol. The van der Waals surface area contributed by atoms with E-state index in [9.17, 15) is 9.59 Å². The first kappa shape index (κ1) is 19.4. The molecule has 0 radical (unpaired) electrons. The number of amides is 1. The van der Waals surface area contributed by atoms with Crippen molar-refractivity contribution in [3.05, 3.63) is 69.2 Å². The molecule has 5 nitrogen and oxygen atoms in total. The van der Waals surface area contributed by atoms with Crippen molar-refractivity contribution < 1.29 is 14.3 Å². The SMILES string of the molecule is CC1(C)CN(C[C@@H]2OC(=O)N3Cc4ccccc4C[C@H]23)C(=C=O)c2ccc(Br)cc21. The number of carbonyl (C=O) groups is 1. The summed E-state index contributed by atoms with van der Waals surface area (Å²) in [7, 11) is 0. The van der Waals surface area contributed by atoms with Gasteiger partial charge in [-0.15, -0.1) is 0 Å². The van der Waals surface area contributed by atoms with Gasteiger partial charge in [0.25, 0.3) is 0 Å². The van der Waals surface area contributed by atoms with Crippen LogP contribution in [0.1, 0.15) is 36.1 Å². The first-order chi connectivity index (χ1) is 14.4. The molecule has 0 N–H and O–H groups in total. The Hall–Kier alpha value is -2.56. The number of fused-ring (bicyclic) bond motifs is 3. The summed E-state index contributed by atoms with van der Waals surface area (Å²) in [4.78, 5) is 28.4. The lowest BCUT2D eigenvalue weighted by Crippen LogP contribution is -2.49. The summed E-state index contributed by atoms with van der Waals surface area (Å²) in [5, 5.41) is 0. The van der Waals surface area contributed by atoms with Gasteiger partial charge < -0.3 is 9.64 Å². The van der Waals surface area contributed by atoms with Gasteiger partial charge in [-0.1, -0.05) is 60.1 Å². The number of nitrogens with zero attached hydrogens (tertiary/aromatic N) is 2. The highest BCUT2D eigenvalue weighted by atomic mass is 79.9.